The average Bonchev–Trinajstić information content (AvgIpc) is 0.764. The van der Waals surface area contributed by atoms with E-state index in [0.29, 0.717) is 0 Å². The van der Waals surface area contributed by atoms with Gasteiger partial charge in [-0.3, -0.25) is 0 Å². The maximum atomic E-state index is 3.24. The molecule has 0 saturated heterocycles. The molecule has 136 heavy (non-hydrogen) atoms. The first-order chi connectivity index (χ1) is 64.9. The summed E-state index contributed by atoms with van der Waals surface area (Å²) in [5.41, 5.74) is 28.3. The van der Waals surface area contributed by atoms with E-state index < -0.39 is 0 Å². The van der Waals surface area contributed by atoms with Crippen LogP contribution in [0.5, 0.6) is 0 Å². The van der Waals surface area contributed by atoms with E-state index in [9.17, 15) is 0 Å². The van der Waals surface area contributed by atoms with Crippen molar-refractivity contribution in [2.24, 2.45) is 0 Å². The van der Waals surface area contributed by atoms with E-state index in [2.05, 4.69) is 452 Å². The van der Waals surface area contributed by atoms with Crippen LogP contribution in [0.15, 0.2) is 328 Å². The molecule has 0 heterocycles. The van der Waals surface area contributed by atoms with Crippen molar-refractivity contribution >= 4 is 75.4 Å². The molecule has 0 nitrogen and oxygen atoms in total. The molecule has 720 valence electrons. The summed E-state index contributed by atoms with van der Waals surface area (Å²) in [6, 6.07) is 128. The topological polar surface area (TPSA) is 0 Å². The van der Waals surface area contributed by atoms with Crippen LogP contribution in [0.3, 0.4) is 0 Å². The molecule has 18 aromatic carbocycles. The van der Waals surface area contributed by atoms with Crippen LogP contribution in [0.4, 0.5) is 0 Å². The molecular weight excluding hydrogens is 1790 g/mol. The standard InChI is InChI=1S/2C16H14.2C14H12.3C12H12.2C8H10.11C2H6.2Y/c1-11-3-5-13-10-16-8-12(2)4-6-14(16)9-15(13)7-11;1-11-13-7-3-5-9-15(13)12(2)16-10-6-4-8-14(11)16;1-11-3-7-13(8-4-11)14-9-5-12(2)6-10-14;1-11-5-3-7-13(9-11)14-8-4-6-12(2)10-14;1-9-3-5-12-8-10(2)4-6-11(12)7-9;1-9-5-3-8-12-10(2)6-4-7-11(9)12;1-9-7-8-10(2)12-6-4-3-5-11(9)12;1-7-3-5-8(2)6-4-7;1-7-4-3-5-8(2)6-7;11*1-2;;/h2*3-10H,1-2H3;3-7,9H,1-2H3;3-6,9-10H,1-2H3;3*3-8H,1-2H3;2*3-6H,1-2H3;11*1-2H3;;/q;;2*-2;;;;;;;;;;;;;;;;;;. The van der Waals surface area contributed by atoms with E-state index in [-0.39, 0.29) is 65.4 Å². The van der Waals surface area contributed by atoms with Crippen LogP contribution in [0.25, 0.3) is 97.7 Å². The SMILES string of the molecule is CC.CC.CC.CC.CC.CC.CC.CC.CC.CC.CC.Cc1c2ccccc2c(C)c2ccccc12.Cc1c[c-]c(-c2[c-]cc(C)cc2)cc1.Cc1cc[c-]c(-c2[c-]ccc(C)c2)c1.Cc1ccc(C)c2ccccc12.Cc1ccc(C)cc1.Cc1ccc2cc(C)ccc2c1.Cc1ccc2cc3cc(C)ccc3cc2c1.Cc1cccc(C)c1.Cc1cccc2c(C)cccc12.[Y].[Y]. The third-order valence-electron chi connectivity index (χ3n) is 20.3. The second-order valence-corrected chi connectivity index (χ2v) is 30.2. The van der Waals surface area contributed by atoms with Crippen molar-refractivity contribution in [2.45, 2.75) is 277 Å². The van der Waals surface area contributed by atoms with Gasteiger partial charge in [-0.15, -0.1) is 34.4 Å². The Morgan fingerprint density at radius 2 is 0.353 bits per heavy atom. The predicted molar refractivity (Wildman–Crippen MR) is 617 cm³/mol. The number of hydrogen-bond acceptors (Lipinski definition) is 0. The van der Waals surface area contributed by atoms with Crippen LogP contribution >= 0.6 is 0 Å². The molecule has 18 rings (SSSR count). The van der Waals surface area contributed by atoms with Crippen molar-refractivity contribution in [3.05, 3.63) is 452 Å². The van der Waals surface area contributed by atoms with Gasteiger partial charge < -0.3 is 0 Å². The molecule has 0 amide bonds. The summed E-state index contributed by atoms with van der Waals surface area (Å²) >= 11 is 0. The van der Waals surface area contributed by atoms with Crippen LogP contribution in [0.1, 0.15) is 252 Å². The number of rotatable bonds is 2. The van der Waals surface area contributed by atoms with Gasteiger partial charge in [-0.1, -0.05) is 467 Å². The third-order valence-corrected chi connectivity index (χ3v) is 20.3. The molecule has 2 heteroatoms. The van der Waals surface area contributed by atoms with E-state index in [1.165, 1.54) is 176 Å². The molecule has 0 spiro atoms. The molecule has 0 unspecified atom stereocenters. The van der Waals surface area contributed by atoms with Crippen molar-refractivity contribution in [1.82, 2.24) is 0 Å². The van der Waals surface area contributed by atoms with Crippen LogP contribution in [-0.2, 0) is 65.4 Å². The van der Waals surface area contributed by atoms with Gasteiger partial charge in [0.25, 0.3) is 0 Å². The summed E-state index contributed by atoms with van der Waals surface area (Å²) in [5.74, 6) is 0. The summed E-state index contributed by atoms with van der Waals surface area (Å²) in [5, 5.41) is 19.0. The van der Waals surface area contributed by atoms with Gasteiger partial charge in [0, 0.05) is 65.4 Å². The van der Waals surface area contributed by atoms with Crippen LogP contribution in [-0.4, -0.2) is 0 Å². The quantitative estimate of drug-likeness (QED) is 0.120. The van der Waals surface area contributed by atoms with E-state index in [1.807, 2.05) is 177 Å². The van der Waals surface area contributed by atoms with Gasteiger partial charge in [-0.2, -0.15) is 84.9 Å². The Hall–Kier alpha value is -10.0. The normalized spacial score (nSPS) is 9.06. The van der Waals surface area contributed by atoms with Gasteiger partial charge in [-0.05, 0) is 218 Å². The summed E-state index contributed by atoms with van der Waals surface area (Å²) in [6.45, 7) is 82.3. The predicted octanol–water partition coefficient (Wildman–Crippen LogP) is 42.6. The fourth-order valence-corrected chi connectivity index (χ4v) is 13.8. The molecule has 0 bridgehead atoms. The maximum Gasteiger partial charge on any atom is 0 e. The van der Waals surface area contributed by atoms with Crippen molar-refractivity contribution < 1.29 is 65.4 Å². The minimum absolute atomic E-state index is 0. The Morgan fingerprint density at radius 3 is 0.603 bits per heavy atom. The van der Waals surface area contributed by atoms with Crippen molar-refractivity contribution in [1.29, 1.82) is 0 Å². The van der Waals surface area contributed by atoms with Crippen molar-refractivity contribution in [2.75, 3.05) is 0 Å². The molecule has 0 aliphatic carbocycles. The average molecular weight is 1960 g/mol. The van der Waals surface area contributed by atoms with Crippen molar-refractivity contribution in [3.8, 4) is 22.3 Å². The van der Waals surface area contributed by atoms with E-state index >= 15 is 0 Å². The van der Waals surface area contributed by atoms with Gasteiger partial charge in [-0.25, -0.2) is 22.3 Å². The molecule has 0 aliphatic rings. The molecule has 2 radical (unpaired) electrons. The summed E-state index contributed by atoms with van der Waals surface area (Å²) < 4.78 is 0. The van der Waals surface area contributed by atoms with Crippen LogP contribution < -0.4 is 0 Å². The molecule has 0 fully saturated rings. The van der Waals surface area contributed by atoms with Crippen LogP contribution in [0.2, 0.25) is 0 Å². The Kier molecular flexibility index (Phi) is 76.8. The Balaban J connectivity index is -0.000000705. The Bertz CT molecular complexity index is 5670. The zero-order valence-electron chi connectivity index (χ0n) is 92.3. The Labute approximate surface area is 883 Å². The minimum atomic E-state index is 0. The number of aryl methyl sites for hydroxylation is 18. The molecule has 0 atom stereocenters. The van der Waals surface area contributed by atoms with Crippen LogP contribution in [0, 0.1) is 149 Å². The smallest absolute Gasteiger partial charge is 0 e. The monoisotopic (exact) mass is 1960 g/mol. The summed E-state index contributed by atoms with van der Waals surface area (Å²) in [7, 11) is 0. The second-order valence-electron chi connectivity index (χ2n) is 30.2. The van der Waals surface area contributed by atoms with E-state index in [4.69, 9.17) is 0 Å². The first kappa shape index (κ1) is 132. The van der Waals surface area contributed by atoms with Gasteiger partial charge in [0.05, 0.1) is 0 Å². The van der Waals surface area contributed by atoms with Crippen molar-refractivity contribution in [3.63, 3.8) is 0 Å². The molecule has 0 saturated carbocycles. The zero-order chi connectivity index (χ0) is 102. The summed E-state index contributed by atoms with van der Waals surface area (Å²) in [4.78, 5) is 0. The molecule has 18 aromatic rings. The molecule has 0 aliphatic heterocycles. The van der Waals surface area contributed by atoms with Gasteiger partial charge in [0.1, 0.15) is 0 Å². The van der Waals surface area contributed by atoms with Gasteiger partial charge >= 0.3 is 0 Å². The number of benzene rings is 18. The number of fused-ring (bicyclic) bond motifs is 7. The third kappa shape index (κ3) is 46.9. The fourth-order valence-electron chi connectivity index (χ4n) is 13.8. The molecule has 0 N–H and O–H groups in total. The van der Waals surface area contributed by atoms with E-state index in [0.717, 1.165) is 22.3 Å². The first-order valence-electron chi connectivity index (χ1n) is 50.1. The first-order valence-corrected chi connectivity index (χ1v) is 50.1. The van der Waals surface area contributed by atoms with Gasteiger partial charge in [0.15, 0.2) is 0 Å². The van der Waals surface area contributed by atoms with Gasteiger partial charge in [0.2, 0.25) is 0 Å². The molecule has 0 aromatic heterocycles. The summed E-state index contributed by atoms with van der Waals surface area (Å²) in [6.07, 6.45) is 0. The Morgan fingerprint density at radius 1 is 0.140 bits per heavy atom. The second kappa shape index (κ2) is 79.0. The number of hydrogen-bond donors (Lipinski definition) is 0. The fraction of sp³-hybridized carbons (Fsp3) is 0.299. The largest absolute Gasteiger partial charge is 0.226 e. The zero-order valence-corrected chi connectivity index (χ0v) is 98.0. The maximum absolute atomic E-state index is 3.24. The molecular formula is C134H174Y2-4. The minimum Gasteiger partial charge on any atom is -0.226 e. The van der Waals surface area contributed by atoms with E-state index in [1.54, 1.807) is 0 Å².